The van der Waals surface area contributed by atoms with E-state index in [4.69, 9.17) is 9.47 Å². The molecule has 5 nitrogen and oxygen atoms in total. The second-order valence-corrected chi connectivity index (χ2v) is 6.86. The van der Waals surface area contributed by atoms with E-state index in [-0.39, 0.29) is 5.91 Å². The Labute approximate surface area is 163 Å². The Morgan fingerprint density at radius 1 is 1.04 bits per heavy atom. The van der Waals surface area contributed by atoms with E-state index in [9.17, 15) is 4.79 Å². The van der Waals surface area contributed by atoms with Crippen LogP contribution in [0, 0.1) is 0 Å². The van der Waals surface area contributed by atoms with E-state index in [1.54, 1.807) is 14.2 Å². The van der Waals surface area contributed by atoms with Crippen molar-refractivity contribution in [2.75, 3.05) is 19.5 Å². The minimum atomic E-state index is -0.0764. The van der Waals surface area contributed by atoms with Crippen LogP contribution in [0.2, 0.25) is 0 Å². The molecule has 0 fully saturated rings. The van der Waals surface area contributed by atoms with Crippen LogP contribution in [0.4, 0.5) is 5.13 Å². The number of carbonyl (C=O) groups is 1. The molecule has 0 spiro atoms. The average molecular weight is 382 g/mol. The maximum atomic E-state index is 12.3. The number of anilines is 1. The van der Waals surface area contributed by atoms with Crippen LogP contribution in [0.25, 0.3) is 11.3 Å². The fourth-order valence-corrected chi connectivity index (χ4v) is 3.44. The van der Waals surface area contributed by atoms with Crippen LogP contribution in [0.1, 0.15) is 18.1 Å². The summed E-state index contributed by atoms with van der Waals surface area (Å²) in [4.78, 5) is 16.8. The second kappa shape index (κ2) is 8.68. The molecule has 0 radical (unpaired) electrons. The van der Waals surface area contributed by atoms with Crippen LogP contribution in [-0.4, -0.2) is 25.1 Å². The minimum absolute atomic E-state index is 0.0764. The molecule has 0 saturated carbocycles. The van der Waals surface area contributed by atoms with E-state index < -0.39 is 0 Å². The van der Waals surface area contributed by atoms with Crippen molar-refractivity contribution in [2.45, 2.75) is 19.8 Å². The smallest absolute Gasteiger partial charge is 0.230 e. The Balaban J connectivity index is 1.67. The highest BCUT2D eigenvalue weighted by Crippen LogP contribution is 2.33. The number of amides is 1. The lowest BCUT2D eigenvalue weighted by Gasteiger charge is -2.08. The number of methoxy groups -OCH3 is 2. The number of benzene rings is 2. The fraction of sp³-hybridized carbons (Fsp3) is 0.238. The molecule has 6 heteroatoms. The molecular formula is C21H22N2O3S. The molecule has 1 aromatic heterocycles. The highest BCUT2D eigenvalue weighted by atomic mass is 32.1. The predicted octanol–water partition coefficient (Wildman–Crippen LogP) is 4.57. The highest BCUT2D eigenvalue weighted by molar-refractivity contribution is 7.14. The van der Waals surface area contributed by atoms with Crippen molar-refractivity contribution >= 4 is 22.4 Å². The van der Waals surface area contributed by atoms with Gasteiger partial charge in [0.1, 0.15) is 0 Å². The number of ether oxygens (including phenoxy) is 2. The number of nitrogens with zero attached hydrogens (tertiary/aromatic N) is 1. The van der Waals surface area contributed by atoms with Gasteiger partial charge in [0.2, 0.25) is 5.91 Å². The van der Waals surface area contributed by atoms with Crippen molar-refractivity contribution in [1.82, 2.24) is 4.98 Å². The van der Waals surface area contributed by atoms with Crippen LogP contribution in [0.3, 0.4) is 0 Å². The van der Waals surface area contributed by atoms with Gasteiger partial charge in [-0.25, -0.2) is 4.98 Å². The van der Waals surface area contributed by atoms with Gasteiger partial charge in [-0.15, -0.1) is 11.3 Å². The van der Waals surface area contributed by atoms with E-state index in [1.807, 2.05) is 35.7 Å². The quantitative estimate of drug-likeness (QED) is 0.650. The number of nitrogens with one attached hydrogen (secondary N) is 1. The number of aryl methyl sites for hydroxylation is 1. The molecular weight excluding hydrogens is 360 g/mol. The van der Waals surface area contributed by atoms with Crippen molar-refractivity contribution in [1.29, 1.82) is 0 Å². The average Bonchev–Trinajstić information content (AvgIpc) is 3.16. The molecule has 0 bridgehead atoms. The van der Waals surface area contributed by atoms with Gasteiger partial charge >= 0.3 is 0 Å². The summed E-state index contributed by atoms with van der Waals surface area (Å²) in [5, 5.41) is 5.36. The van der Waals surface area contributed by atoms with Gasteiger partial charge in [-0.05, 0) is 35.7 Å². The molecule has 27 heavy (non-hydrogen) atoms. The molecule has 0 atom stereocenters. The van der Waals surface area contributed by atoms with Gasteiger partial charge in [-0.1, -0.05) is 31.2 Å². The van der Waals surface area contributed by atoms with Crippen molar-refractivity contribution in [2.24, 2.45) is 0 Å². The van der Waals surface area contributed by atoms with E-state index in [2.05, 4.69) is 29.4 Å². The molecule has 1 N–H and O–H groups in total. The zero-order valence-corrected chi connectivity index (χ0v) is 16.4. The first-order valence-corrected chi connectivity index (χ1v) is 9.56. The number of hydrogen-bond acceptors (Lipinski definition) is 5. The topological polar surface area (TPSA) is 60.5 Å². The maximum absolute atomic E-state index is 12.3. The van der Waals surface area contributed by atoms with E-state index >= 15 is 0 Å². The fourth-order valence-electron chi connectivity index (χ4n) is 2.70. The number of aromatic nitrogens is 1. The number of carbonyl (C=O) groups excluding carboxylic acids is 1. The summed E-state index contributed by atoms with van der Waals surface area (Å²) in [6.45, 7) is 2.11. The molecule has 0 aliphatic rings. The zero-order valence-electron chi connectivity index (χ0n) is 15.6. The summed E-state index contributed by atoms with van der Waals surface area (Å²) in [6, 6.07) is 13.7. The Bertz CT molecular complexity index is 919. The van der Waals surface area contributed by atoms with E-state index in [0.29, 0.717) is 23.1 Å². The maximum Gasteiger partial charge on any atom is 0.230 e. The summed E-state index contributed by atoms with van der Waals surface area (Å²) < 4.78 is 10.6. The SMILES string of the molecule is CCc1ccc(CC(=O)Nc2nc(-c3ccc(OC)c(OC)c3)cs2)cc1. The first-order valence-electron chi connectivity index (χ1n) is 8.68. The molecule has 1 heterocycles. The summed E-state index contributed by atoms with van der Waals surface area (Å²) in [7, 11) is 3.20. The minimum Gasteiger partial charge on any atom is -0.493 e. The van der Waals surface area contributed by atoms with Crippen LogP contribution >= 0.6 is 11.3 Å². The molecule has 0 unspecified atom stereocenters. The molecule has 3 rings (SSSR count). The van der Waals surface area contributed by atoms with E-state index in [1.165, 1.54) is 16.9 Å². The largest absolute Gasteiger partial charge is 0.493 e. The highest BCUT2D eigenvalue weighted by Gasteiger charge is 2.11. The van der Waals surface area contributed by atoms with Crippen molar-refractivity contribution in [3.8, 4) is 22.8 Å². The monoisotopic (exact) mass is 382 g/mol. The predicted molar refractivity (Wildman–Crippen MR) is 109 cm³/mol. The van der Waals surface area contributed by atoms with Gasteiger partial charge < -0.3 is 14.8 Å². The van der Waals surface area contributed by atoms with Crippen molar-refractivity contribution in [3.05, 3.63) is 59.0 Å². The lowest BCUT2D eigenvalue weighted by molar-refractivity contribution is -0.115. The second-order valence-electron chi connectivity index (χ2n) is 6.00. The third kappa shape index (κ3) is 4.65. The van der Waals surface area contributed by atoms with Crippen LogP contribution in [0.5, 0.6) is 11.5 Å². The van der Waals surface area contributed by atoms with Crippen LogP contribution in [-0.2, 0) is 17.6 Å². The van der Waals surface area contributed by atoms with Gasteiger partial charge in [0.15, 0.2) is 16.6 Å². The lowest BCUT2D eigenvalue weighted by Crippen LogP contribution is -2.14. The summed E-state index contributed by atoms with van der Waals surface area (Å²) in [5.41, 5.74) is 3.93. The Hall–Kier alpha value is -2.86. The third-order valence-electron chi connectivity index (χ3n) is 4.23. The van der Waals surface area contributed by atoms with Crippen molar-refractivity contribution < 1.29 is 14.3 Å². The molecule has 140 valence electrons. The van der Waals surface area contributed by atoms with Crippen LogP contribution < -0.4 is 14.8 Å². The number of hydrogen-bond donors (Lipinski definition) is 1. The van der Waals surface area contributed by atoms with Gasteiger partial charge in [0, 0.05) is 10.9 Å². The molecule has 2 aromatic carbocycles. The number of rotatable bonds is 7. The lowest BCUT2D eigenvalue weighted by atomic mass is 10.1. The van der Waals surface area contributed by atoms with Crippen molar-refractivity contribution in [3.63, 3.8) is 0 Å². The first kappa shape index (κ1) is 18.9. The van der Waals surface area contributed by atoms with Gasteiger partial charge in [0.05, 0.1) is 26.3 Å². The Morgan fingerprint density at radius 3 is 2.41 bits per heavy atom. The summed E-state index contributed by atoms with van der Waals surface area (Å²) >= 11 is 1.40. The molecule has 0 aliphatic heterocycles. The van der Waals surface area contributed by atoms with Gasteiger partial charge in [0.25, 0.3) is 0 Å². The van der Waals surface area contributed by atoms with Crippen LogP contribution in [0.15, 0.2) is 47.8 Å². The normalized spacial score (nSPS) is 10.5. The molecule has 1 amide bonds. The standard InChI is InChI=1S/C21H22N2O3S/c1-4-14-5-7-15(8-6-14)11-20(24)23-21-22-17(13-27-21)16-9-10-18(25-2)19(12-16)26-3/h5-10,12-13H,4,11H2,1-3H3,(H,22,23,24). The van der Waals surface area contributed by atoms with Gasteiger partial charge in [-0.2, -0.15) is 0 Å². The third-order valence-corrected chi connectivity index (χ3v) is 4.98. The molecule has 3 aromatic rings. The summed E-state index contributed by atoms with van der Waals surface area (Å²) in [6.07, 6.45) is 1.32. The number of thiazole rings is 1. The van der Waals surface area contributed by atoms with E-state index in [0.717, 1.165) is 23.2 Å². The Kier molecular flexibility index (Phi) is 6.08. The first-order chi connectivity index (χ1) is 13.1. The summed E-state index contributed by atoms with van der Waals surface area (Å²) in [5.74, 6) is 1.23. The Morgan fingerprint density at radius 2 is 1.74 bits per heavy atom. The zero-order chi connectivity index (χ0) is 19.2. The van der Waals surface area contributed by atoms with Gasteiger partial charge in [-0.3, -0.25) is 4.79 Å². The molecule has 0 aliphatic carbocycles. The molecule has 0 saturated heterocycles.